The normalized spacial score (nSPS) is 23.0. The summed E-state index contributed by atoms with van der Waals surface area (Å²) in [5.41, 5.74) is -0.843. The van der Waals surface area contributed by atoms with Gasteiger partial charge in [0.25, 0.3) is 5.91 Å². The summed E-state index contributed by atoms with van der Waals surface area (Å²) in [5.74, 6) is -8.41. The molecule has 1 N–H and O–H groups in total. The van der Waals surface area contributed by atoms with E-state index in [-0.39, 0.29) is 19.0 Å². The van der Waals surface area contributed by atoms with E-state index in [1.807, 2.05) is 0 Å². The fraction of sp³-hybridized carbons (Fsp3) is 0.462. The van der Waals surface area contributed by atoms with Crippen LogP contribution in [-0.2, 0) is 0 Å². The molecule has 1 saturated heterocycles. The van der Waals surface area contributed by atoms with Crippen LogP contribution in [0.25, 0.3) is 0 Å². The predicted octanol–water partition coefficient (Wildman–Crippen LogP) is 2.09. The van der Waals surface area contributed by atoms with Gasteiger partial charge in [-0.15, -0.1) is 0 Å². The average Bonchev–Trinajstić information content (AvgIpc) is 2.43. The minimum absolute atomic E-state index is 0.139. The molecule has 1 fully saturated rings. The first-order valence-electron chi connectivity index (χ1n) is 6.13. The van der Waals surface area contributed by atoms with Crippen molar-refractivity contribution < 1.29 is 27.5 Å². The number of hydrogen-bond donors (Lipinski definition) is 1. The quantitative estimate of drug-likeness (QED) is 0.489. The fourth-order valence-corrected chi connectivity index (χ4v) is 2.22. The van der Waals surface area contributed by atoms with E-state index in [2.05, 4.69) is 0 Å². The van der Waals surface area contributed by atoms with Gasteiger partial charge in [-0.1, -0.05) is 6.92 Å². The van der Waals surface area contributed by atoms with Crippen LogP contribution in [-0.4, -0.2) is 35.1 Å². The Labute approximate surface area is 112 Å². The van der Waals surface area contributed by atoms with Gasteiger partial charge in [0.05, 0.1) is 11.7 Å². The zero-order valence-corrected chi connectivity index (χ0v) is 10.7. The van der Waals surface area contributed by atoms with Crippen molar-refractivity contribution in [1.29, 1.82) is 0 Å². The number of nitrogens with zero attached hydrogens (tertiary/aromatic N) is 1. The first kappa shape index (κ1) is 14.8. The molecule has 110 valence electrons. The van der Waals surface area contributed by atoms with Crippen molar-refractivity contribution in [3.8, 4) is 0 Å². The van der Waals surface area contributed by atoms with Crippen molar-refractivity contribution in [2.24, 2.45) is 5.92 Å². The lowest BCUT2D eigenvalue weighted by Gasteiger charge is -2.34. The molecular weight excluding hydrogens is 278 g/mol. The molecule has 20 heavy (non-hydrogen) atoms. The number of aliphatic hydroxyl groups excluding tert-OH is 1. The molecular formula is C13H13F4NO2. The molecule has 2 atom stereocenters. The minimum atomic E-state index is -2.00. The number of piperidine rings is 1. The molecule has 2 rings (SSSR count). The third kappa shape index (κ3) is 2.49. The van der Waals surface area contributed by atoms with Gasteiger partial charge in [0.2, 0.25) is 0 Å². The van der Waals surface area contributed by atoms with Gasteiger partial charge in [0.1, 0.15) is 0 Å². The van der Waals surface area contributed by atoms with E-state index in [9.17, 15) is 27.5 Å². The van der Waals surface area contributed by atoms with Crippen molar-refractivity contribution in [1.82, 2.24) is 4.90 Å². The number of aliphatic hydroxyl groups is 1. The van der Waals surface area contributed by atoms with Gasteiger partial charge in [-0.25, -0.2) is 17.6 Å². The summed E-state index contributed by atoms with van der Waals surface area (Å²) in [6, 6.07) is 0.353. The van der Waals surface area contributed by atoms with Crippen LogP contribution in [0.2, 0.25) is 0 Å². The zero-order valence-electron chi connectivity index (χ0n) is 10.7. The van der Waals surface area contributed by atoms with Crippen molar-refractivity contribution >= 4 is 5.91 Å². The van der Waals surface area contributed by atoms with E-state index in [0.29, 0.717) is 12.5 Å². The molecule has 1 heterocycles. The smallest absolute Gasteiger partial charge is 0.257 e. The van der Waals surface area contributed by atoms with Gasteiger partial charge in [0.15, 0.2) is 23.3 Å². The second-order valence-electron chi connectivity index (χ2n) is 4.93. The molecule has 0 aliphatic carbocycles. The molecule has 7 heteroatoms. The summed E-state index contributed by atoms with van der Waals surface area (Å²) in [4.78, 5) is 13.2. The van der Waals surface area contributed by atoms with Gasteiger partial charge in [-0.2, -0.15) is 0 Å². The van der Waals surface area contributed by atoms with Crippen molar-refractivity contribution in [2.75, 3.05) is 13.1 Å². The summed E-state index contributed by atoms with van der Waals surface area (Å²) in [6.07, 6.45) is -0.286. The topological polar surface area (TPSA) is 40.5 Å². The van der Waals surface area contributed by atoms with E-state index in [0.717, 1.165) is 0 Å². The number of halogens is 4. The maximum Gasteiger partial charge on any atom is 0.257 e. The summed E-state index contributed by atoms with van der Waals surface area (Å²) in [7, 11) is 0. The fourth-order valence-electron chi connectivity index (χ4n) is 2.22. The van der Waals surface area contributed by atoms with Gasteiger partial charge in [-0.3, -0.25) is 4.79 Å². The molecule has 0 bridgehead atoms. The van der Waals surface area contributed by atoms with Gasteiger partial charge in [0, 0.05) is 13.1 Å². The highest BCUT2D eigenvalue weighted by atomic mass is 19.2. The number of carbonyl (C=O) groups excluding carboxylic acids is 1. The summed E-state index contributed by atoms with van der Waals surface area (Å²) < 4.78 is 52.6. The molecule has 0 spiro atoms. The second kappa shape index (κ2) is 5.40. The van der Waals surface area contributed by atoms with Crippen LogP contribution >= 0.6 is 0 Å². The van der Waals surface area contributed by atoms with Crippen LogP contribution in [0.4, 0.5) is 17.6 Å². The highest BCUT2D eigenvalue weighted by molar-refractivity contribution is 5.94. The molecule has 1 aliphatic heterocycles. The lowest BCUT2D eigenvalue weighted by molar-refractivity contribution is 0.0294. The zero-order chi connectivity index (χ0) is 15.0. The van der Waals surface area contributed by atoms with Gasteiger partial charge in [-0.05, 0) is 18.4 Å². The third-order valence-corrected chi connectivity index (χ3v) is 3.48. The number of hydrogen-bond acceptors (Lipinski definition) is 2. The standard InChI is InChI=1S/C13H13F4NO2/c1-6-5-18(3-2-9(6)19)13(20)7-4-8(14)11(16)12(17)10(7)15/h4,6,9,19H,2-3,5H2,1H3. The lowest BCUT2D eigenvalue weighted by atomic mass is 9.96. The molecule has 0 radical (unpaired) electrons. The van der Waals surface area contributed by atoms with Crippen LogP contribution in [0.5, 0.6) is 0 Å². The SMILES string of the molecule is CC1CN(C(=O)c2cc(F)c(F)c(F)c2F)CCC1O. The molecule has 3 nitrogen and oxygen atoms in total. The molecule has 0 saturated carbocycles. The lowest BCUT2D eigenvalue weighted by Crippen LogP contribution is -2.45. The Morgan fingerprint density at radius 1 is 1.25 bits per heavy atom. The van der Waals surface area contributed by atoms with Crippen LogP contribution in [0.15, 0.2) is 6.07 Å². The Morgan fingerprint density at radius 2 is 1.90 bits per heavy atom. The molecule has 1 amide bonds. The predicted molar refractivity (Wildman–Crippen MR) is 62.0 cm³/mol. The minimum Gasteiger partial charge on any atom is -0.393 e. The molecule has 0 aromatic heterocycles. The van der Waals surface area contributed by atoms with Crippen molar-refractivity contribution in [3.63, 3.8) is 0 Å². The van der Waals surface area contributed by atoms with E-state index in [1.54, 1.807) is 6.92 Å². The Balaban J connectivity index is 2.30. The monoisotopic (exact) mass is 291 g/mol. The third-order valence-electron chi connectivity index (χ3n) is 3.48. The Kier molecular flexibility index (Phi) is 3.99. The van der Waals surface area contributed by atoms with Crippen LogP contribution in [0, 0.1) is 29.2 Å². The molecule has 1 aromatic rings. The van der Waals surface area contributed by atoms with E-state index in [1.165, 1.54) is 4.90 Å². The number of benzene rings is 1. The van der Waals surface area contributed by atoms with Crippen LogP contribution < -0.4 is 0 Å². The number of rotatable bonds is 1. The first-order valence-corrected chi connectivity index (χ1v) is 6.13. The highest BCUT2D eigenvalue weighted by Crippen LogP contribution is 2.23. The summed E-state index contributed by atoms with van der Waals surface area (Å²) in [5, 5.41) is 9.55. The average molecular weight is 291 g/mol. The van der Waals surface area contributed by atoms with Gasteiger partial charge < -0.3 is 10.0 Å². The molecule has 1 aliphatic rings. The summed E-state index contributed by atoms with van der Waals surface area (Å²) >= 11 is 0. The first-order chi connectivity index (χ1) is 9.32. The number of amides is 1. The van der Waals surface area contributed by atoms with Crippen molar-refractivity contribution in [3.05, 3.63) is 34.9 Å². The number of carbonyl (C=O) groups is 1. The van der Waals surface area contributed by atoms with E-state index in [4.69, 9.17) is 0 Å². The number of likely N-dealkylation sites (tertiary alicyclic amines) is 1. The molecule has 1 aromatic carbocycles. The van der Waals surface area contributed by atoms with Crippen molar-refractivity contribution in [2.45, 2.75) is 19.4 Å². The maximum absolute atomic E-state index is 13.5. The maximum atomic E-state index is 13.5. The van der Waals surface area contributed by atoms with E-state index >= 15 is 0 Å². The Bertz CT molecular complexity index is 550. The van der Waals surface area contributed by atoms with Crippen LogP contribution in [0.3, 0.4) is 0 Å². The highest BCUT2D eigenvalue weighted by Gasteiger charge is 2.31. The second-order valence-corrected chi connectivity index (χ2v) is 4.93. The summed E-state index contributed by atoms with van der Waals surface area (Å²) in [6.45, 7) is 1.98. The Hall–Kier alpha value is -1.63. The van der Waals surface area contributed by atoms with Gasteiger partial charge >= 0.3 is 0 Å². The Morgan fingerprint density at radius 3 is 2.50 bits per heavy atom. The largest absolute Gasteiger partial charge is 0.393 e. The van der Waals surface area contributed by atoms with E-state index < -0.39 is 40.8 Å². The molecule has 2 unspecified atom stereocenters. The van der Waals surface area contributed by atoms with Crippen LogP contribution in [0.1, 0.15) is 23.7 Å².